The second-order valence-corrected chi connectivity index (χ2v) is 8.92. The summed E-state index contributed by atoms with van der Waals surface area (Å²) in [6, 6.07) is 12.7. The molecule has 132 valence electrons. The van der Waals surface area contributed by atoms with Gasteiger partial charge in [0.15, 0.2) is 9.84 Å². The van der Waals surface area contributed by atoms with Crippen molar-refractivity contribution >= 4 is 21.4 Å². The van der Waals surface area contributed by atoms with Gasteiger partial charge in [0, 0.05) is 12.2 Å². The second kappa shape index (κ2) is 6.64. The molecule has 5 heteroatoms. The summed E-state index contributed by atoms with van der Waals surface area (Å²) in [6.45, 7) is 5.86. The lowest BCUT2D eigenvalue weighted by Crippen LogP contribution is -2.44. The average Bonchev–Trinajstić information content (AvgIpc) is 2.62. The van der Waals surface area contributed by atoms with E-state index in [-0.39, 0.29) is 10.8 Å². The Labute approximate surface area is 149 Å². The predicted octanol–water partition coefficient (Wildman–Crippen LogP) is 3.45. The van der Waals surface area contributed by atoms with Crippen molar-refractivity contribution in [1.82, 2.24) is 0 Å². The molecule has 2 aromatic carbocycles. The van der Waals surface area contributed by atoms with E-state index in [9.17, 15) is 13.2 Å². The summed E-state index contributed by atoms with van der Waals surface area (Å²) in [5.41, 5.74) is 3.87. The average molecular weight is 357 g/mol. The molecular formula is C20H23NO3S. The van der Waals surface area contributed by atoms with Crippen LogP contribution in [0.15, 0.2) is 47.4 Å². The van der Waals surface area contributed by atoms with Gasteiger partial charge in [-0.3, -0.25) is 4.79 Å². The summed E-state index contributed by atoms with van der Waals surface area (Å²) in [7, 11) is -3.72. The van der Waals surface area contributed by atoms with Gasteiger partial charge < -0.3 is 4.90 Å². The molecule has 0 bridgehead atoms. The normalized spacial score (nSPS) is 15.6. The lowest BCUT2D eigenvalue weighted by molar-refractivity contribution is -0.118. The molecule has 0 spiro atoms. The van der Waals surface area contributed by atoms with E-state index in [0.717, 1.165) is 35.2 Å². The van der Waals surface area contributed by atoms with E-state index >= 15 is 0 Å². The Morgan fingerprint density at radius 3 is 2.52 bits per heavy atom. The Bertz CT molecular complexity index is 918. The van der Waals surface area contributed by atoms with Crippen LogP contribution in [0.5, 0.6) is 0 Å². The first-order valence-corrected chi connectivity index (χ1v) is 10.1. The van der Waals surface area contributed by atoms with Crippen molar-refractivity contribution in [1.29, 1.82) is 0 Å². The monoisotopic (exact) mass is 357 g/mol. The largest absolute Gasteiger partial charge is 0.311 e. The number of sulfone groups is 1. The first-order chi connectivity index (χ1) is 11.8. The zero-order valence-electron chi connectivity index (χ0n) is 14.8. The third-order valence-electron chi connectivity index (χ3n) is 5.00. The molecule has 1 atom stereocenters. The number of hydrogen-bond acceptors (Lipinski definition) is 3. The maximum absolute atomic E-state index is 13.0. The van der Waals surface area contributed by atoms with Crippen LogP contribution in [0.2, 0.25) is 0 Å². The molecule has 0 aromatic heterocycles. The first kappa shape index (κ1) is 17.7. The van der Waals surface area contributed by atoms with E-state index in [2.05, 4.69) is 0 Å². The Morgan fingerprint density at radius 2 is 1.80 bits per heavy atom. The first-order valence-electron chi connectivity index (χ1n) is 8.53. The summed E-state index contributed by atoms with van der Waals surface area (Å²) >= 11 is 0. The molecular weight excluding hydrogens is 334 g/mol. The summed E-state index contributed by atoms with van der Waals surface area (Å²) in [6.07, 6.45) is 1.76. The van der Waals surface area contributed by atoms with E-state index < -0.39 is 15.1 Å². The lowest BCUT2D eigenvalue weighted by atomic mass is 10.0. The molecule has 0 aliphatic carbocycles. The molecule has 0 N–H and O–H groups in total. The maximum atomic E-state index is 13.0. The Morgan fingerprint density at radius 1 is 1.08 bits per heavy atom. The number of aryl methyl sites for hydroxylation is 3. The summed E-state index contributed by atoms with van der Waals surface area (Å²) in [4.78, 5) is 14.8. The van der Waals surface area contributed by atoms with Gasteiger partial charge in [0.2, 0.25) is 5.91 Å². The molecule has 0 saturated carbocycles. The number of rotatable bonds is 3. The van der Waals surface area contributed by atoms with Crippen molar-refractivity contribution in [3.05, 3.63) is 59.2 Å². The minimum absolute atomic E-state index is 0.210. The highest BCUT2D eigenvalue weighted by atomic mass is 32.2. The smallest absolute Gasteiger partial charge is 0.245 e. The minimum atomic E-state index is -3.72. The van der Waals surface area contributed by atoms with Crippen LogP contribution >= 0.6 is 0 Å². The number of anilines is 1. The van der Waals surface area contributed by atoms with Gasteiger partial charge in [-0.1, -0.05) is 24.3 Å². The SMILES string of the molecule is Cc1ccc(S(=O)(=O)C(C)C(=O)N2CCCc3ccccc32)cc1C. The summed E-state index contributed by atoms with van der Waals surface area (Å²) in [5.74, 6) is -0.356. The van der Waals surface area contributed by atoms with E-state index in [0.29, 0.717) is 6.54 Å². The molecule has 1 aliphatic rings. The Balaban J connectivity index is 1.94. The van der Waals surface area contributed by atoms with Gasteiger partial charge >= 0.3 is 0 Å². The number of benzene rings is 2. The van der Waals surface area contributed by atoms with Crippen LogP contribution in [-0.4, -0.2) is 26.1 Å². The maximum Gasteiger partial charge on any atom is 0.245 e. The van der Waals surface area contributed by atoms with E-state index in [1.807, 2.05) is 38.1 Å². The minimum Gasteiger partial charge on any atom is -0.311 e. The van der Waals surface area contributed by atoms with Gasteiger partial charge in [0.25, 0.3) is 0 Å². The van der Waals surface area contributed by atoms with Crippen molar-refractivity contribution in [3.8, 4) is 0 Å². The number of para-hydroxylation sites is 1. The fourth-order valence-corrected chi connectivity index (χ4v) is 4.61. The number of hydrogen-bond donors (Lipinski definition) is 0. The van der Waals surface area contributed by atoms with Gasteiger partial charge in [-0.05, 0) is 68.5 Å². The van der Waals surface area contributed by atoms with E-state index in [1.165, 1.54) is 6.92 Å². The lowest BCUT2D eigenvalue weighted by Gasteiger charge is -2.31. The molecule has 0 saturated heterocycles. The van der Waals surface area contributed by atoms with Gasteiger partial charge in [-0.25, -0.2) is 8.42 Å². The van der Waals surface area contributed by atoms with Crippen LogP contribution in [0.4, 0.5) is 5.69 Å². The molecule has 1 aliphatic heterocycles. The molecule has 1 amide bonds. The molecule has 4 nitrogen and oxygen atoms in total. The second-order valence-electron chi connectivity index (χ2n) is 6.66. The number of nitrogens with zero attached hydrogens (tertiary/aromatic N) is 1. The fourth-order valence-electron chi connectivity index (χ4n) is 3.21. The standard InChI is InChI=1S/C20H23NO3S/c1-14-10-11-18(13-15(14)2)25(23,24)16(3)20(22)21-12-6-8-17-7-4-5-9-19(17)21/h4-5,7,9-11,13,16H,6,8,12H2,1-3H3. The van der Waals surface area contributed by atoms with Crippen molar-refractivity contribution < 1.29 is 13.2 Å². The molecule has 0 radical (unpaired) electrons. The number of carbonyl (C=O) groups is 1. The quantitative estimate of drug-likeness (QED) is 0.845. The molecule has 3 rings (SSSR count). The van der Waals surface area contributed by atoms with Crippen LogP contribution in [0.3, 0.4) is 0 Å². The van der Waals surface area contributed by atoms with Crippen LogP contribution in [0, 0.1) is 13.8 Å². The third kappa shape index (κ3) is 3.21. The van der Waals surface area contributed by atoms with Crippen molar-refractivity contribution in [2.75, 3.05) is 11.4 Å². The molecule has 25 heavy (non-hydrogen) atoms. The van der Waals surface area contributed by atoms with Gasteiger partial charge in [-0.15, -0.1) is 0 Å². The number of fused-ring (bicyclic) bond motifs is 1. The van der Waals surface area contributed by atoms with E-state index in [4.69, 9.17) is 0 Å². The third-order valence-corrected chi connectivity index (χ3v) is 7.04. The zero-order chi connectivity index (χ0) is 18.2. The predicted molar refractivity (Wildman–Crippen MR) is 99.7 cm³/mol. The summed E-state index contributed by atoms with van der Waals surface area (Å²) < 4.78 is 25.9. The highest BCUT2D eigenvalue weighted by molar-refractivity contribution is 7.92. The van der Waals surface area contributed by atoms with Crippen molar-refractivity contribution in [2.45, 2.75) is 43.8 Å². The fraction of sp³-hybridized carbons (Fsp3) is 0.350. The molecule has 0 fully saturated rings. The van der Waals surface area contributed by atoms with Gasteiger partial charge in [0.1, 0.15) is 5.25 Å². The van der Waals surface area contributed by atoms with Crippen LogP contribution in [0.1, 0.15) is 30.0 Å². The topological polar surface area (TPSA) is 54.5 Å². The van der Waals surface area contributed by atoms with Gasteiger partial charge in [0.05, 0.1) is 4.90 Å². The van der Waals surface area contributed by atoms with Gasteiger partial charge in [-0.2, -0.15) is 0 Å². The van der Waals surface area contributed by atoms with Crippen LogP contribution in [0.25, 0.3) is 0 Å². The molecule has 2 aromatic rings. The highest BCUT2D eigenvalue weighted by Gasteiger charge is 2.35. The molecule has 1 unspecified atom stereocenters. The Kier molecular flexibility index (Phi) is 4.69. The number of amides is 1. The van der Waals surface area contributed by atoms with E-state index in [1.54, 1.807) is 23.1 Å². The van der Waals surface area contributed by atoms with Crippen LogP contribution in [-0.2, 0) is 21.1 Å². The Hall–Kier alpha value is -2.14. The zero-order valence-corrected chi connectivity index (χ0v) is 15.6. The highest BCUT2D eigenvalue weighted by Crippen LogP contribution is 2.29. The molecule has 1 heterocycles. The van der Waals surface area contributed by atoms with Crippen LogP contribution < -0.4 is 4.90 Å². The van der Waals surface area contributed by atoms with Crippen molar-refractivity contribution in [2.24, 2.45) is 0 Å². The number of carbonyl (C=O) groups excluding carboxylic acids is 1. The summed E-state index contributed by atoms with van der Waals surface area (Å²) in [5, 5.41) is -1.11. The van der Waals surface area contributed by atoms with Crippen molar-refractivity contribution in [3.63, 3.8) is 0 Å².